The molecule has 0 aliphatic heterocycles. The van der Waals surface area contributed by atoms with Crippen LogP contribution in [-0.4, -0.2) is 24.2 Å². The fourth-order valence-electron chi connectivity index (χ4n) is 2.07. The molecule has 0 bridgehead atoms. The van der Waals surface area contributed by atoms with E-state index in [9.17, 15) is 9.90 Å². The summed E-state index contributed by atoms with van der Waals surface area (Å²) in [5.41, 5.74) is 0.863. The van der Waals surface area contributed by atoms with Crippen LogP contribution in [0.25, 0.3) is 0 Å². The Morgan fingerprint density at radius 3 is 2.47 bits per heavy atom. The van der Waals surface area contributed by atoms with Crippen molar-refractivity contribution in [3.05, 3.63) is 28.8 Å². The number of anilines is 1. The van der Waals surface area contributed by atoms with Gasteiger partial charge in [-0.3, -0.25) is 0 Å². The molecule has 0 aliphatic carbocycles. The molecular weight excluding hydrogens is 238 g/mol. The molecule has 0 aliphatic rings. The zero-order chi connectivity index (χ0) is 13.0. The van der Waals surface area contributed by atoms with Gasteiger partial charge in [0.1, 0.15) is 0 Å². The number of nitrogens with zero attached hydrogens (tertiary/aromatic N) is 1. The predicted molar refractivity (Wildman–Crippen MR) is 71.2 cm³/mol. The fourth-order valence-corrected chi connectivity index (χ4v) is 2.37. The van der Waals surface area contributed by atoms with Crippen molar-refractivity contribution in [3.63, 3.8) is 0 Å². The smallest absolute Gasteiger partial charge is 0.337 e. The molecular formula is C13H18ClNO2. The first kappa shape index (κ1) is 13.8. The Bertz CT molecular complexity index is 402. The van der Waals surface area contributed by atoms with E-state index in [1.54, 1.807) is 18.2 Å². The highest BCUT2D eigenvalue weighted by Crippen LogP contribution is 2.31. The first-order chi connectivity index (χ1) is 8.02. The monoisotopic (exact) mass is 255 g/mol. The Morgan fingerprint density at radius 1 is 1.41 bits per heavy atom. The predicted octanol–water partition coefficient (Wildman–Crippen LogP) is 3.66. The van der Waals surface area contributed by atoms with Crippen LogP contribution in [-0.2, 0) is 0 Å². The third-order valence-electron chi connectivity index (χ3n) is 3.06. The van der Waals surface area contributed by atoms with Crippen molar-refractivity contribution in [1.29, 1.82) is 0 Å². The summed E-state index contributed by atoms with van der Waals surface area (Å²) in [6, 6.07) is 5.27. The second-order valence-corrected chi connectivity index (χ2v) is 4.43. The van der Waals surface area contributed by atoms with Gasteiger partial charge in [0, 0.05) is 13.1 Å². The fraction of sp³-hybridized carbons (Fsp3) is 0.462. The van der Waals surface area contributed by atoms with E-state index < -0.39 is 5.97 Å². The molecule has 94 valence electrons. The van der Waals surface area contributed by atoms with Gasteiger partial charge in [0.25, 0.3) is 0 Å². The minimum absolute atomic E-state index is 0.256. The van der Waals surface area contributed by atoms with Crippen LogP contribution in [0.3, 0.4) is 0 Å². The SMILES string of the molecule is CCC(CC)N(C)c1c(Cl)cccc1C(=O)O. The van der Waals surface area contributed by atoms with Crippen molar-refractivity contribution in [2.75, 3.05) is 11.9 Å². The Kier molecular flexibility index (Phi) is 4.82. The second kappa shape index (κ2) is 5.92. The molecule has 0 amide bonds. The van der Waals surface area contributed by atoms with Crippen LogP contribution < -0.4 is 4.90 Å². The maximum atomic E-state index is 11.2. The van der Waals surface area contributed by atoms with Gasteiger partial charge in [0.05, 0.1) is 16.3 Å². The normalized spacial score (nSPS) is 10.6. The number of hydrogen-bond donors (Lipinski definition) is 1. The van der Waals surface area contributed by atoms with Gasteiger partial charge in [-0.2, -0.15) is 0 Å². The van der Waals surface area contributed by atoms with E-state index in [4.69, 9.17) is 11.6 Å². The molecule has 1 rings (SSSR count). The lowest BCUT2D eigenvalue weighted by Crippen LogP contribution is -2.31. The first-order valence-corrected chi connectivity index (χ1v) is 6.15. The van der Waals surface area contributed by atoms with Gasteiger partial charge in [-0.25, -0.2) is 4.79 Å². The van der Waals surface area contributed by atoms with Gasteiger partial charge in [-0.05, 0) is 25.0 Å². The summed E-state index contributed by atoms with van der Waals surface area (Å²) >= 11 is 6.12. The van der Waals surface area contributed by atoms with E-state index in [1.165, 1.54) is 0 Å². The summed E-state index contributed by atoms with van der Waals surface area (Å²) in [6.45, 7) is 4.17. The van der Waals surface area contributed by atoms with Gasteiger partial charge < -0.3 is 10.0 Å². The first-order valence-electron chi connectivity index (χ1n) is 5.77. The standard InChI is InChI=1S/C13H18ClNO2/c1-4-9(5-2)15(3)12-10(13(16)17)7-6-8-11(12)14/h6-9H,4-5H2,1-3H3,(H,16,17). The van der Waals surface area contributed by atoms with E-state index in [1.807, 2.05) is 11.9 Å². The third-order valence-corrected chi connectivity index (χ3v) is 3.37. The van der Waals surface area contributed by atoms with E-state index in [-0.39, 0.29) is 5.56 Å². The molecule has 17 heavy (non-hydrogen) atoms. The number of carboxylic acids is 1. The number of benzene rings is 1. The van der Waals surface area contributed by atoms with Gasteiger partial charge >= 0.3 is 5.97 Å². The maximum Gasteiger partial charge on any atom is 0.337 e. The lowest BCUT2D eigenvalue weighted by Gasteiger charge is -2.30. The topological polar surface area (TPSA) is 40.5 Å². The highest BCUT2D eigenvalue weighted by molar-refractivity contribution is 6.34. The van der Waals surface area contributed by atoms with Gasteiger partial charge in [0.15, 0.2) is 0 Å². The lowest BCUT2D eigenvalue weighted by molar-refractivity contribution is 0.0697. The van der Waals surface area contributed by atoms with E-state index in [0.29, 0.717) is 16.8 Å². The molecule has 0 aromatic heterocycles. The molecule has 0 saturated carbocycles. The lowest BCUT2D eigenvalue weighted by atomic mass is 10.1. The minimum atomic E-state index is -0.944. The summed E-state index contributed by atoms with van der Waals surface area (Å²) < 4.78 is 0. The van der Waals surface area contributed by atoms with Gasteiger partial charge in [-0.15, -0.1) is 0 Å². The van der Waals surface area contributed by atoms with Crippen LogP contribution >= 0.6 is 11.6 Å². The Balaban J connectivity index is 3.23. The zero-order valence-corrected chi connectivity index (χ0v) is 11.2. The molecule has 0 atom stereocenters. The van der Waals surface area contributed by atoms with Crippen LogP contribution in [0.2, 0.25) is 5.02 Å². The molecule has 1 aromatic carbocycles. The quantitative estimate of drug-likeness (QED) is 0.873. The van der Waals surface area contributed by atoms with Crippen molar-refractivity contribution in [3.8, 4) is 0 Å². The maximum absolute atomic E-state index is 11.2. The average Bonchev–Trinajstić information content (AvgIpc) is 2.29. The number of hydrogen-bond acceptors (Lipinski definition) is 2. The highest BCUT2D eigenvalue weighted by Gasteiger charge is 2.20. The molecule has 0 spiro atoms. The molecule has 0 radical (unpaired) electrons. The molecule has 0 unspecified atom stereocenters. The number of para-hydroxylation sites is 1. The largest absolute Gasteiger partial charge is 0.478 e. The number of rotatable bonds is 5. The van der Waals surface area contributed by atoms with Crippen LogP contribution in [0.1, 0.15) is 37.0 Å². The Morgan fingerprint density at radius 2 is 2.00 bits per heavy atom. The summed E-state index contributed by atoms with van der Waals surface area (Å²) in [6.07, 6.45) is 1.91. The summed E-state index contributed by atoms with van der Waals surface area (Å²) in [4.78, 5) is 13.2. The van der Waals surface area contributed by atoms with Gasteiger partial charge in [-0.1, -0.05) is 31.5 Å². The van der Waals surface area contributed by atoms with Crippen molar-refractivity contribution in [1.82, 2.24) is 0 Å². The summed E-state index contributed by atoms with van der Waals surface area (Å²) in [5, 5.41) is 9.67. The molecule has 0 fully saturated rings. The molecule has 1 N–H and O–H groups in total. The summed E-state index contributed by atoms with van der Waals surface area (Å²) in [5.74, 6) is -0.944. The van der Waals surface area contributed by atoms with Crippen LogP contribution in [0.5, 0.6) is 0 Å². The molecule has 0 saturated heterocycles. The Hall–Kier alpha value is -1.22. The van der Waals surface area contributed by atoms with Crippen molar-refractivity contribution >= 4 is 23.3 Å². The van der Waals surface area contributed by atoms with E-state index >= 15 is 0 Å². The number of carboxylic acid groups (broad SMARTS) is 1. The van der Waals surface area contributed by atoms with E-state index in [0.717, 1.165) is 12.8 Å². The van der Waals surface area contributed by atoms with Crippen LogP contribution in [0, 0.1) is 0 Å². The molecule has 4 heteroatoms. The number of aromatic carboxylic acids is 1. The highest BCUT2D eigenvalue weighted by atomic mass is 35.5. The molecule has 0 heterocycles. The number of carbonyl (C=O) groups is 1. The minimum Gasteiger partial charge on any atom is -0.478 e. The third kappa shape index (κ3) is 2.91. The zero-order valence-electron chi connectivity index (χ0n) is 10.4. The molecule has 3 nitrogen and oxygen atoms in total. The summed E-state index contributed by atoms with van der Waals surface area (Å²) in [7, 11) is 1.89. The van der Waals surface area contributed by atoms with Crippen molar-refractivity contribution in [2.45, 2.75) is 32.7 Å². The van der Waals surface area contributed by atoms with Crippen LogP contribution in [0.15, 0.2) is 18.2 Å². The van der Waals surface area contributed by atoms with Gasteiger partial charge in [0.2, 0.25) is 0 Å². The molecule has 1 aromatic rings. The van der Waals surface area contributed by atoms with Crippen LogP contribution in [0.4, 0.5) is 5.69 Å². The number of halogens is 1. The average molecular weight is 256 g/mol. The Labute approximate surface area is 107 Å². The van der Waals surface area contributed by atoms with E-state index in [2.05, 4.69) is 13.8 Å². The second-order valence-electron chi connectivity index (χ2n) is 4.02. The van der Waals surface area contributed by atoms with Crippen molar-refractivity contribution < 1.29 is 9.90 Å². The van der Waals surface area contributed by atoms with Crippen molar-refractivity contribution in [2.24, 2.45) is 0 Å².